The van der Waals surface area contributed by atoms with Gasteiger partial charge in [0.1, 0.15) is 11.6 Å². The number of carbonyl (C=O) groups is 1. The summed E-state index contributed by atoms with van der Waals surface area (Å²) < 4.78 is 26.5. The average Bonchev–Trinajstić information content (AvgIpc) is 2.21. The van der Waals surface area contributed by atoms with E-state index in [0.717, 1.165) is 12.1 Å². The van der Waals surface area contributed by atoms with Crippen LogP contribution >= 0.6 is 31.9 Å². The van der Waals surface area contributed by atoms with Crippen LogP contribution in [0.5, 0.6) is 0 Å². The summed E-state index contributed by atoms with van der Waals surface area (Å²) in [4.78, 5) is 11.1. The minimum Gasteiger partial charge on any atom is -0.293 e. The molecule has 0 amide bonds. The molecular weight excluding hydrogens is 334 g/mol. The van der Waals surface area contributed by atoms with Gasteiger partial charge in [0.15, 0.2) is 5.78 Å². The lowest BCUT2D eigenvalue weighted by Gasteiger charge is -2.07. The molecule has 1 aromatic rings. The molecule has 0 saturated carbocycles. The molecule has 0 aliphatic heterocycles. The van der Waals surface area contributed by atoms with Crippen LogP contribution < -0.4 is 0 Å². The fourth-order valence-electron chi connectivity index (χ4n) is 1.07. The lowest BCUT2D eigenvalue weighted by molar-refractivity contribution is 0.0986. The van der Waals surface area contributed by atoms with Crippen molar-refractivity contribution in [1.29, 1.82) is 0 Å². The van der Waals surface area contributed by atoms with E-state index in [-0.39, 0.29) is 10.0 Å². The Kier molecular flexibility index (Phi) is 4.40. The molecule has 0 bridgehead atoms. The van der Waals surface area contributed by atoms with Crippen molar-refractivity contribution in [2.75, 3.05) is 0 Å². The smallest absolute Gasteiger partial charge is 0.179 e. The molecule has 0 N–H and O–H groups in total. The highest BCUT2D eigenvalue weighted by atomic mass is 79.9. The third kappa shape index (κ3) is 2.84. The standard InChI is InChI=1S/C10H8Br2F2O/c1-2-6(11)10(15)5-3-9(14)7(12)4-8(5)13/h3-4,6H,2H2,1H3. The van der Waals surface area contributed by atoms with E-state index >= 15 is 0 Å². The van der Waals surface area contributed by atoms with Gasteiger partial charge in [-0.15, -0.1) is 0 Å². The van der Waals surface area contributed by atoms with Gasteiger partial charge in [-0.3, -0.25) is 4.79 Å². The van der Waals surface area contributed by atoms with Crippen molar-refractivity contribution in [3.63, 3.8) is 0 Å². The summed E-state index contributed by atoms with van der Waals surface area (Å²) in [5.74, 6) is -1.80. The second-order valence-electron chi connectivity index (χ2n) is 2.99. The van der Waals surface area contributed by atoms with Crippen molar-refractivity contribution >= 4 is 37.6 Å². The first-order chi connectivity index (χ1) is 6.97. The van der Waals surface area contributed by atoms with E-state index in [0.29, 0.717) is 6.42 Å². The first-order valence-electron chi connectivity index (χ1n) is 4.30. The van der Waals surface area contributed by atoms with Gasteiger partial charge in [-0.25, -0.2) is 8.78 Å². The predicted octanol–water partition coefficient (Wildman–Crippen LogP) is 4.08. The summed E-state index contributed by atoms with van der Waals surface area (Å²) in [6.45, 7) is 1.78. The molecule has 15 heavy (non-hydrogen) atoms. The molecule has 5 heteroatoms. The quantitative estimate of drug-likeness (QED) is 0.460. The molecule has 1 nitrogen and oxygen atoms in total. The molecule has 0 aliphatic carbocycles. The molecule has 0 aromatic heterocycles. The average molecular weight is 342 g/mol. The third-order valence-electron chi connectivity index (χ3n) is 1.92. The SMILES string of the molecule is CCC(Br)C(=O)c1cc(F)c(Br)cc1F. The maximum atomic E-state index is 13.3. The van der Waals surface area contributed by atoms with E-state index < -0.39 is 22.2 Å². The van der Waals surface area contributed by atoms with Crippen molar-refractivity contribution in [3.8, 4) is 0 Å². The second-order valence-corrected chi connectivity index (χ2v) is 4.95. The number of ketones is 1. The van der Waals surface area contributed by atoms with Crippen molar-refractivity contribution < 1.29 is 13.6 Å². The number of hydrogen-bond acceptors (Lipinski definition) is 1. The number of halogens is 4. The van der Waals surface area contributed by atoms with Crippen LogP contribution in [0.4, 0.5) is 8.78 Å². The van der Waals surface area contributed by atoms with Crippen LogP contribution in [0, 0.1) is 11.6 Å². The summed E-state index contributed by atoms with van der Waals surface area (Å²) >= 11 is 5.95. The third-order valence-corrected chi connectivity index (χ3v) is 3.59. The zero-order chi connectivity index (χ0) is 11.6. The number of Topliss-reactive ketones (excluding diaryl/α,β-unsaturated/α-hetero) is 1. The fourth-order valence-corrected chi connectivity index (χ4v) is 1.63. The van der Waals surface area contributed by atoms with Gasteiger partial charge in [0, 0.05) is 0 Å². The van der Waals surface area contributed by atoms with E-state index in [4.69, 9.17) is 0 Å². The Bertz CT molecular complexity index is 393. The minimum absolute atomic E-state index is 0.0131. The molecule has 0 fully saturated rings. The minimum atomic E-state index is -0.717. The van der Waals surface area contributed by atoms with Crippen LogP contribution in [-0.4, -0.2) is 10.6 Å². The highest BCUT2D eigenvalue weighted by molar-refractivity contribution is 9.10. The summed E-state index contributed by atoms with van der Waals surface area (Å²) in [5.41, 5.74) is -0.223. The fraction of sp³-hybridized carbons (Fsp3) is 0.300. The summed E-state index contributed by atoms with van der Waals surface area (Å²) in [7, 11) is 0. The Morgan fingerprint density at radius 1 is 1.40 bits per heavy atom. The highest BCUT2D eigenvalue weighted by Gasteiger charge is 2.20. The molecular formula is C10H8Br2F2O. The Morgan fingerprint density at radius 2 is 2.00 bits per heavy atom. The van der Waals surface area contributed by atoms with Crippen LogP contribution in [0.15, 0.2) is 16.6 Å². The van der Waals surface area contributed by atoms with Gasteiger partial charge in [-0.05, 0) is 34.5 Å². The van der Waals surface area contributed by atoms with E-state index in [9.17, 15) is 13.6 Å². The highest BCUT2D eigenvalue weighted by Crippen LogP contribution is 2.22. The monoisotopic (exact) mass is 340 g/mol. The molecule has 0 heterocycles. The largest absolute Gasteiger partial charge is 0.293 e. The lowest BCUT2D eigenvalue weighted by Crippen LogP contribution is -2.15. The summed E-state index contributed by atoms with van der Waals surface area (Å²) in [6.07, 6.45) is 0.524. The molecule has 1 rings (SSSR count). The van der Waals surface area contributed by atoms with Crippen molar-refractivity contribution in [2.45, 2.75) is 18.2 Å². The van der Waals surface area contributed by atoms with Gasteiger partial charge in [0.2, 0.25) is 0 Å². The number of carbonyl (C=O) groups excluding carboxylic acids is 1. The molecule has 1 unspecified atom stereocenters. The summed E-state index contributed by atoms with van der Waals surface area (Å²) in [5, 5.41) is 0. The lowest BCUT2D eigenvalue weighted by atomic mass is 10.1. The van der Waals surface area contributed by atoms with Crippen molar-refractivity contribution in [3.05, 3.63) is 33.8 Å². The zero-order valence-corrected chi connectivity index (χ0v) is 11.0. The van der Waals surface area contributed by atoms with Gasteiger partial charge < -0.3 is 0 Å². The second kappa shape index (κ2) is 5.16. The number of alkyl halides is 1. The molecule has 0 radical (unpaired) electrons. The van der Waals surface area contributed by atoms with E-state index in [2.05, 4.69) is 31.9 Å². The normalized spacial score (nSPS) is 12.6. The Labute approximate surface area is 103 Å². The van der Waals surface area contributed by atoms with Crippen molar-refractivity contribution in [2.24, 2.45) is 0 Å². The Morgan fingerprint density at radius 3 is 2.53 bits per heavy atom. The van der Waals surface area contributed by atoms with Gasteiger partial charge in [0.25, 0.3) is 0 Å². The maximum absolute atomic E-state index is 13.3. The first kappa shape index (κ1) is 12.8. The molecule has 82 valence electrons. The first-order valence-corrected chi connectivity index (χ1v) is 6.01. The van der Waals surface area contributed by atoms with Crippen LogP contribution in [0.2, 0.25) is 0 Å². The Balaban J connectivity index is 3.15. The topological polar surface area (TPSA) is 17.1 Å². The number of benzene rings is 1. The van der Waals surface area contributed by atoms with Gasteiger partial charge in [-0.1, -0.05) is 22.9 Å². The van der Waals surface area contributed by atoms with Gasteiger partial charge in [0.05, 0.1) is 14.9 Å². The van der Waals surface area contributed by atoms with Crippen LogP contribution in [0.3, 0.4) is 0 Å². The van der Waals surface area contributed by atoms with Gasteiger partial charge in [-0.2, -0.15) is 0 Å². The van der Waals surface area contributed by atoms with Crippen molar-refractivity contribution in [1.82, 2.24) is 0 Å². The zero-order valence-electron chi connectivity index (χ0n) is 7.86. The van der Waals surface area contributed by atoms with Crippen LogP contribution in [-0.2, 0) is 0 Å². The van der Waals surface area contributed by atoms with Crippen LogP contribution in [0.25, 0.3) is 0 Å². The van der Waals surface area contributed by atoms with E-state index in [1.54, 1.807) is 6.92 Å². The number of rotatable bonds is 3. The van der Waals surface area contributed by atoms with E-state index in [1.807, 2.05) is 0 Å². The molecule has 0 spiro atoms. The molecule has 1 atom stereocenters. The molecule has 1 aromatic carbocycles. The summed E-state index contributed by atoms with van der Waals surface area (Å²) in [6, 6.07) is 1.86. The Hall–Kier alpha value is -0.290. The predicted molar refractivity (Wildman–Crippen MR) is 61.4 cm³/mol. The maximum Gasteiger partial charge on any atom is 0.179 e. The molecule has 0 saturated heterocycles. The van der Waals surface area contributed by atoms with Gasteiger partial charge >= 0.3 is 0 Å². The van der Waals surface area contributed by atoms with E-state index in [1.165, 1.54) is 0 Å². The van der Waals surface area contributed by atoms with Crippen LogP contribution in [0.1, 0.15) is 23.7 Å². The number of hydrogen-bond donors (Lipinski definition) is 0. The molecule has 0 aliphatic rings.